The molecule has 1 aliphatic carbocycles. The zero-order valence-corrected chi connectivity index (χ0v) is 14.5. The molecule has 0 saturated heterocycles. The molecule has 1 saturated carbocycles. The van der Waals surface area contributed by atoms with Crippen LogP contribution in [0.4, 0.5) is 0 Å². The molecule has 1 aromatic rings. The molecule has 0 spiro atoms. The molecule has 1 fully saturated rings. The molecule has 1 N–H and O–H groups in total. The molecule has 1 aliphatic rings. The largest absolute Gasteiger partial charge is 0.493 e. The van der Waals surface area contributed by atoms with Gasteiger partial charge in [-0.2, -0.15) is 0 Å². The number of carbonyl (C=O) groups excluding carboxylic acids is 2. The molecule has 6 heteroatoms. The van der Waals surface area contributed by atoms with E-state index >= 15 is 0 Å². The summed E-state index contributed by atoms with van der Waals surface area (Å²) in [4.78, 5) is 23.6. The Morgan fingerprint density at radius 2 is 1.92 bits per heavy atom. The minimum Gasteiger partial charge on any atom is -0.493 e. The lowest BCUT2D eigenvalue weighted by atomic mass is 9.86. The van der Waals surface area contributed by atoms with Gasteiger partial charge in [0.05, 0.1) is 19.8 Å². The van der Waals surface area contributed by atoms with Crippen LogP contribution in [0, 0.1) is 5.92 Å². The number of esters is 1. The molecule has 0 radical (unpaired) electrons. The van der Waals surface area contributed by atoms with E-state index in [1.54, 1.807) is 12.1 Å². The summed E-state index contributed by atoms with van der Waals surface area (Å²) in [6.07, 6.45) is 4.55. The van der Waals surface area contributed by atoms with Crippen molar-refractivity contribution in [3.8, 4) is 11.5 Å². The summed E-state index contributed by atoms with van der Waals surface area (Å²) in [5.74, 6) is 0.696. The van der Waals surface area contributed by atoms with E-state index in [1.165, 1.54) is 26.7 Å². The second-order valence-electron chi connectivity index (χ2n) is 6.08. The molecule has 0 bridgehead atoms. The number of ether oxygens (including phenoxy) is 3. The predicted molar refractivity (Wildman–Crippen MR) is 89.4 cm³/mol. The van der Waals surface area contributed by atoms with Crippen molar-refractivity contribution in [3.63, 3.8) is 0 Å². The van der Waals surface area contributed by atoms with Gasteiger partial charge in [-0.3, -0.25) is 4.79 Å². The Bertz CT molecular complexity index is 587. The Morgan fingerprint density at radius 1 is 1.17 bits per heavy atom. The number of hydrogen-bond acceptors (Lipinski definition) is 5. The van der Waals surface area contributed by atoms with E-state index in [2.05, 4.69) is 17.0 Å². The SMILES string of the molecule is COC(=O)c1ccc(OCC(=O)N[C@@H]2CCCC[C@@H]2C)c(OC)c1. The first-order valence-electron chi connectivity index (χ1n) is 8.23. The Morgan fingerprint density at radius 3 is 2.58 bits per heavy atom. The molecular formula is C18H25NO5. The zero-order valence-electron chi connectivity index (χ0n) is 14.5. The van der Waals surface area contributed by atoms with Gasteiger partial charge in [-0.15, -0.1) is 0 Å². The second-order valence-corrected chi connectivity index (χ2v) is 6.08. The normalized spacial score (nSPS) is 20.1. The summed E-state index contributed by atoms with van der Waals surface area (Å²) in [5.41, 5.74) is 0.363. The van der Waals surface area contributed by atoms with Crippen LogP contribution in [0.3, 0.4) is 0 Å². The van der Waals surface area contributed by atoms with Crippen molar-refractivity contribution >= 4 is 11.9 Å². The molecule has 0 aromatic heterocycles. The van der Waals surface area contributed by atoms with Crippen LogP contribution in [0.1, 0.15) is 43.0 Å². The number of rotatable bonds is 6. The Hall–Kier alpha value is -2.24. The average molecular weight is 335 g/mol. The second kappa shape index (κ2) is 8.57. The number of benzene rings is 1. The average Bonchev–Trinajstić information content (AvgIpc) is 2.61. The lowest BCUT2D eigenvalue weighted by Gasteiger charge is -2.29. The van der Waals surface area contributed by atoms with Crippen molar-refractivity contribution in [2.24, 2.45) is 5.92 Å². The van der Waals surface area contributed by atoms with Gasteiger partial charge in [0.1, 0.15) is 0 Å². The van der Waals surface area contributed by atoms with Crippen LogP contribution in [0.25, 0.3) is 0 Å². The van der Waals surface area contributed by atoms with E-state index in [4.69, 9.17) is 9.47 Å². The number of hydrogen-bond donors (Lipinski definition) is 1. The molecule has 0 unspecified atom stereocenters. The van der Waals surface area contributed by atoms with Gasteiger partial charge in [-0.05, 0) is 37.0 Å². The lowest BCUT2D eigenvalue weighted by molar-refractivity contribution is -0.124. The zero-order chi connectivity index (χ0) is 17.5. The Balaban J connectivity index is 1.93. The van der Waals surface area contributed by atoms with E-state index < -0.39 is 5.97 Å². The van der Waals surface area contributed by atoms with Crippen LogP contribution in [-0.4, -0.2) is 38.7 Å². The molecule has 24 heavy (non-hydrogen) atoms. The summed E-state index contributed by atoms with van der Waals surface area (Å²) in [7, 11) is 2.79. The molecule has 0 heterocycles. The third-order valence-corrected chi connectivity index (χ3v) is 4.40. The van der Waals surface area contributed by atoms with E-state index in [0.29, 0.717) is 23.0 Å². The molecule has 2 atom stereocenters. The molecule has 132 valence electrons. The first-order valence-corrected chi connectivity index (χ1v) is 8.23. The Kier molecular flexibility index (Phi) is 6.46. The first-order chi connectivity index (χ1) is 11.5. The molecule has 1 amide bonds. The molecule has 1 aromatic carbocycles. The monoisotopic (exact) mass is 335 g/mol. The van der Waals surface area contributed by atoms with Crippen molar-refractivity contribution in [3.05, 3.63) is 23.8 Å². The first kappa shape index (κ1) is 18.1. The van der Waals surface area contributed by atoms with E-state index in [-0.39, 0.29) is 18.6 Å². The molecule has 6 nitrogen and oxygen atoms in total. The van der Waals surface area contributed by atoms with Crippen LogP contribution in [-0.2, 0) is 9.53 Å². The van der Waals surface area contributed by atoms with Crippen LogP contribution >= 0.6 is 0 Å². The highest BCUT2D eigenvalue weighted by Crippen LogP contribution is 2.28. The smallest absolute Gasteiger partial charge is 0.337 e. The maximum atomic E-state index is 12.1. The Labute approximate surface area is 142 Å². The third kappa shape index (κ3) is 4.63. The van der Waals surface area contributed by atoms with E-state index in [0.717, 1.165) is 19.3 Å². The van der Waals surface area contributed by atoms with Gasteiger partial charge >= 0.3 is 5.97 Å². The number of methoxy groups -OCH3 is 2. The van der Waals surface area contributed by atoms with Crippen molar-refractivity contribution < 1.29 is 23.8 Å². The van der Waals surface area contributed by atoms with E-state index in [1.807, 2.05) is 0 Å². The third-order valence-electron chi connectivity index (χ3n) is 4.40. The highest BCUT2D eigenvalue weighted by atomic mass is 16.5. The topological polar surface area (TPSA) is 73.9 Å². The summed E-state index contributed by atoms with van der Waals surface area (Å²) < 4.78 is 15.4. The summed E-state index contributed by atoms with van der Waals surface area (Å²) in [5, 5.41) is 3.04. The highest BCUT2D eigenvalue weighted by molar-refractivity contribution is 5.90. The quantitative estimate of drug-likeness (QED) is 0.809. The van der Waals surface area contributed by atoms with Crippen molar-refractivity contribution in [2.45, 2.75) is 38.6 Å². The maximum Gasteiger partial charge on any atom is 0.337 e. The number of nitrogens with one attached hydrogen (secondary N) is 1. The van der Waals surface area contributed by atoms with E-state index in [9.17, 15) is 9.59 Å². The number of amides is 1. The highest BCUT2D eigenvalue weighted by Gasteiger charge is 2.23. The minimum absolute atomic E-state index is 0.0862. The van der Waals surface area contributed by atoms with Gasteiger partial charge in [0, 0.05) is 6.04 Å². The van der Waals surface area contributed by atoms with Gasteiger partial charge in [-0.1, -0.05) is 19.8 Å². The van der Waals surface area contributed by atoms with Crippen molar-refractivity contribution in [1.29, 1.82) is 0 Å². The van der Waals surface area contributed by atoms with Gasteiger partial charge in [0.15, 0.2) is 18.1 Å². The number of carbonyl (C=O) groups is 2. The standard InChI is InChI=1S/C18H25NO5/c1-12-6-4-5-7-14(12)19-17(20)11-24-15-9-8-13(18(21)23-3)10-16(15)22-2/h8-10,12,14H,4-7,11H2,1-3H3,(H,19,20)/t12-,14+/m0/s1. The van der Waals surface area contributed by atoms with Gasteiger partial charge in [-0.25, -0.2) is 4.79 Å². The molecular weight excluding hydrogens is 310 g/mol. The van der Waals surface area contributed by atoms with Gasteiger partial charge in [0.2, 0.25) is 0 Å². The fourth-order valence-electron chi connectivity index (χ4n) is 2.95. The summed E-state index contributed by atoms with van der Waals surface area (Å²) >= 11 is 0. The van der Waals surface area contributed by atoms with Crippen molar-refractivity contribution in [1.82, 2.24) is 5.32 Å². The molecule has 0 aliphatic heterocycles. The van der Waals surface area contributed by atoms with Crippen LogP contribution in [0.15, 0.2) is 18.2 Å². The predicted octanol–water partition coefficient (Wildman–Crippen LogP) is 2.56. The lowest BCUT2D eigenvalue weighted by Crippen LogP contribution is -2.43. The summed E-state index contributed by atoms with van der Waals surface area (Å²) in [6.45, 7) is 2.08. The minimum atomic E-state index is -0.455. The fraction of sp³-hybridized carbons (Fsp3) is 0.556. The van der Waals surface area contributed by atoms with Crippen LogP contribution < -0.4 is 14.8 Å². The maximum absolute atomic E-state index is 12.1. The van der Waals surface area contributed by atoms with Crippen molar-refractivity contribution in [2.75, 3.05) is 20.8 Å². The summed E-state index contributed by atoms with van der Waals surface area (Å²) in [6, 6.07) is 4.92. The molecule has 2 rings (SSSR count). The van der Waals surface area contributed by atoms with Crippen LogP contribution in [0.5, 0.6) is 11.5 Å². The van der Waals surface area contributed by atoms with Gasteiger partial charge in [0.25, 0.3) is 5.91 Å². The van der Waals surface area contributed by atoms with Crippen LogP contribution in [0.2, 0.25) is 0 Å². The fourth-order valence-corrected chi connectivity index (χ4v) is 2.95. The van der Waals surface area contributed by atoms with Gasteiger partial charge < -0.3 is 19.5 Å².